The number of esters is 1. The summed E-state index contributed by atoms with van der Waals surface area (Å²) in [5, 5.41) is 0. The molecule has 0 N–H and O–H groups in total. The van der Waals surface area contributed by atoms with Gasteiger partial charge in [-0.2, -0.15) is 0 Å². The Bertz CT molecular complexity index is 238. The molecule has 0 aliphatic carbocycles. The minimum Gasteiger partial charge on any atom is -0.463 e. The predicted molar refractivity (Wildman–Crippen MR) is 62.3 cm³/mol. The van der Waals surface area contributed by atoms with E-state index in [9.17, 15) is 4.79 Å². The summed E-state index contributed by atoms with van der Waals surface area (Å²) in [6, 6.07) is 0. The van der Waals surface area contributed by atoms with E-state index < -0.39 is 0 Å². The summed E-state index contributed by atoms with van der Waals surface area (Å²) in [7, 11) is 0. The zero-order valence-corrected chi connectivity index (χ0v) is 10.1. The van der Waals surface area contributed by atoms with Gasteiger partial charge in [0, 0.05) is 11.8 Å². The number of rotatable bonds is 5. The Morgan fingerprint density at radius 1 is 1.36 bits per heavy atom. The van der Waals surface area contributed by atoms with Crippen LogP contribution >= 0.6 is 11.8 Å². The first kappa shape index (κ1) is 13.3. The molecule has 2 nitrogen and oxygen atoms in total. The van der Waals surface area contributed by atoms with Gasteiger partial charge in [0.2, 0.25) is 0 Å². The molecule has 0 rings (SSSR count). The van der Waals surface area contributed by atoms with Crippen LogP contribution < -0.4 is 0 Å². The van der Waals surface area contributed by atoms with Gasteiger partial charge in [-0.1, -0.05) is 11.6 Å². The summed E-state index contributed by atoms with van der Waals surface area (Å²) >= 11 is 1.64. The van der Waals surface area contributed by atoms with Crippen LogP contribution in [0.25, 0.3) is 0 Å². The maximum Gasteiger partial charge on any atom is 0.331 e. The molecule has 0 saturated heterocycles. The van der Waals surface area contributed by atoms with E-state index in [4.69, 9.17) is 4.74 Å². The minimum atomic E-state index is -0.255. The monoisotopic (exact) mass is 214 g/mol. The van der Waals surface area contributed by atoms with Crippen molar-refractivity contribution in [3.8, 4) is 0 Å². The number of thioether (sulfide) groups is 1. The van der Waals surface area contributed by atoms with E-state index in [-0.39, 0.29) is 5.97 Å². The molecule has 0 spiro atoms. The van der Waals surface area contributed by atoms with Crippen molar-refractivity contribution >= 4 is 17.7 Å². The van der Waals surface area contributed by atoms with Crippen molar-refractivity contribution in [3.63, 3.8) is 0 Å². The first-order valence-corrected chi connectivity index (χ1v) is 5.66. The fraction of sp³-hybridized carbons (Fsp3) is 0.545. The largest absolute Gasteiger partial charge is 0.463 e. The molecule has 0 radical (unpaired) electrons. The Morgan fingerprint density at radius 3 is 2.50 bits per heavy atom. The molecular weight excluding hydrogens is 196 g/mol. The predicted octanol–water partition coefficient (Wildman–Crippen LogP) is 3.15. The molecule has 0 aromatic carbocycles. The van der Waals surface area contributed by atoms with Gasteiger partial charge in [-0.3, -0.25) is 0 Å². The van der Waals surface area contributed by atoms with Gasteiger partial charge < -0.3 is 4.74 Å². The van der Waals surface area contributed by atoms with Crippen molar-refractivity contribution in [2.24, 2.45) is 0 Å². The van der Waals surface area contributed by atoms with Crippen LogP contribution in [-0.4, -0.2) is 18.3 Å². The molecule has 0 aliphatic rings. The number of hydrogen-bond donors (Lipinski definition) is 0. The maximum atomic E-state index is 11.0. The van der Waals surface area contributed by atoms with E-state index in [1.54, 1.807) is 18.7 Å². The van der Waals surface area contributed by atoms with Crippen LogP contribution in [0, 0.1) is 0 Å². The number of hydrogen-bond acceptors (Lipinski definition) is 3. The summed E-state index contributed by atoms with van der Waals surface area (Å²) in [5.74, 6) is 0.652. The zero-order chi connectivity index (χ0) is 11.0. The summed E-state index contributed by atoms with van der Waals surface area (Å²) in [4.78, 5) is 12.0. The Morgan fingerprint density at radius 2 is 2.00 bits per heavy atom. The molecule has 0 aromatic rings. The second kappa shape index (κ2) is 7.68. The van der Waals surface area contributed by atoms with Gasteiger partial charge in [-0.05, 0) is 32.6 Å². The smallest absolute Gasteiger partial charge is 0.331 e. The molecule has 0 saturated carbocycles. The lowest BCUT2D eigenvalue weighted by Gasteiger charge is -1.99. The van der Waals surface area contributed by atoms with Crippen molar-refractivity contribution in [2.75, 3.05) is 12.4 Å². The van der Waals surface area contributed by atoms with Crippen molar-refractivity contribution in [3.05, 3.63) is 22.6 Å². The van der Waals surface area contributed by atoms with Crippen molar-refractivity contribution in [1.82, 2.24) is 0 Å². The highest BCUT2D eigenvalue weighted by atomic mass is 32.2. The quantitative estimate of drug-likeness (QED) is 0.399. The van der Waals surface area contributed by atoms with Crippen LogP contribution in [0.2, 0.25) is 0 Å². The minimum absolute atomic E-state index is 0.255. The van der Waals surface area contributed by atoms with E-state index in [2.05, 4.69) is 19.9 Å². The van der Waals surface area contributed by atoms with Crippen LogP contribution in [0.1, 0.15) is 27.7 Å². The first-order valence-electron chi connectivity index (χ1n) is 4.67. The van der Waals surface area contributed by atoms with E-state index >= 15 is 0 Å². The van der Waals surface area contributed by atoms with E-state index in [0.717, 1.165) is 10.7 Å². The van der Waals surface area contributed by atoms with E-state index in [1.165, 1.54) is 11.6 Å². The number of carbonyl (C=O) groups excluding carboxylic acids is 1. The van der Waals surface area contributed by atoms with Gasteiger partial charge in [0.25, 0.3) is 0 Å². The third-order valence-electron chi connectivity index (χ3n) is 1.41. The third-order valence-corrected chi connectivity index (χ3v) is 2.32. The van der Waals surface area contributed by atoms with Gasteiger partial charge in [-0.25, -0.2) is 4.79 Å². The topological polar surface area (TPSA) is 26.3 Å². The first-order chi connectivity index (χ1) is 6.56. The van der Waals surface area contributed by atoms with Gasteiger partial charge in [0.1, 0.15) is 0 Å². The average Bonchev–Trinajstić information content (AvgIpc) is 2.03. The normalized spacial score (nSPS) is 11.0. The highest BCUT2D eigenvalue weighted by Crippen LogP contribution is 2.15. The van der Waals surface area contributed by atoms with E-state index in [0.29, 0.717) is 6.61 Å². The van der Waals surface area contributed by atoms with Crippen LogP contribution in [0.4, 0.5) is 0 Å². The molecule has 0 fully saturated rings. The maximum absolute atomic E-state index is 11.0. The van der Waals surface area contributed by atoms with Crippen LogP contribution in [0.3, 0.4) is 0 Å². The Labute approximate surface area is 90.4 Å². The summed E-state index contributed by atoms with van der Waals surface area (Å²) in [5.41, 5.74) is 1.29. The van der Waals surface area contributed by atoms with Gasteiger partial charge >= 0.3 is 5.97 Å². The van der Waals surface area contributed by atoms with Gasteiger partial charge in [0.15, 0.2) is 0 Å². The molecular formula is C11H18O2S. The SMILES string of the molecule is CCOC(=O)/C=C(\C)SCC=C(C)C. The van der Waals surface area contributed by atoms with Crippen LogP contribution in [-0.2, 0) is 9.53 Å². The third kappa shape index (κ3) is 7.92. The fourth-order valence-corrected chi connectivity index (χ4v) is 1.59. The molecule has 14 heavy (non-hydrogen) atoms. The van der Waals surface area contributed by atoms with Gasteiger partial charge in [-0.15, -0.1) is 11.8 Å². The van der Waals surface area contributed by atoms with E-state index in [1.807, 2.05) is 6.92 Å². The summed E-state index contributed by atoms with van der Waals surface area (Å²) in [6.45, 7) is 8.27. The van der Waals surface area contributed by atoms with Crippen molar-refractivity contribution in [2.45, 2.75) is 27.7 Å². The van der Waals surface area contributed by atoms with Crippen LogP contribution in [0.15, 0.2) is 22.6 Å². The summed E-state index contributed by atoms with van der Waals surface area (Å²) < 4.78 is 4.80. The number of ether oxygens (including phenoxy) is 1. The molecule has 0 aliphatic heterocycles. The molecule has 0 unspecified atom stereocenters. The number of allylic oxidation sites excluding steroid dienone is 2. The molecule has 3 heteroatoms. The molecule has 80 valence electrons. The van der Waals surface area contributed by atoms with Gasteiger partial charge in [0.05, 0.1) is 6.61 Å². The second-order valence-electron chi connectivity index (χ2n) is 3.10. The Hall–Kier alpha value is -0.700. The molecule has 0 atom stereocenters. The highest BCUT2D eigenvalue weighted by molar-refractivity contribution is 8.03. The standard InChI is InChI=1S/C11H18O2S/c1-5-13-11(12)8-10(4)14-7-6-9(2)3/h6,8H,5,7H2,1-4H3/b10-8+. The van der Waals surface area contributed by atoms with Crippen molar-refractivity contribution < 1.29 is 9.53 Å². The fourth-order valence-electron chi connectivity index (χ4n) is 0.731. The molecule has 0 heterocycles. The summed E-state index contributed by atoms with van der Waals surface area (Å²) in [6.07, 6.45) is 3.67. The lowest BCUT2D eigenvalue weighted by Crippen LogP contribution is -1.99. The van der Waals surface area contributed by atoms with Crippen LogP contribution in [0.5, 0.6) is 0 Å². The van der Waals surface area contributed by atoms with Crippen molar-refractivity contribution in [1.29, 1.82) is 0 Å². The molecule has 0 amide bonds. The molecule has 0 bridgehead atoms. The average molecular weight is 214 g/mol. The number of carbonyl (C=O) groups is 1. The highest BCUT2D eigenvalue weighted by Gasteiger charge is 1.97. The lowest BCUT2D eigenvalue weighted by atomic mass is 10.3. The Balaban J connectivity index is 3.89. The zero-order valence-electron chi connectivity index (χ0n) is 9.29. The lowest BCUT2D eigenvalue weighted by molar-refractivity contribution is -0.137. The Kier molecular flexibility index (Phi) is 7.30. The second-order valence-corrected chi connectivity index (χ2v) is 4.37. The molecule has 0 aromatic heterocycles.